The summed E-state index contributed by atoms with van der Waals surface area (Å²) in [5, 5.41) is 0.0527. The van der Waals surface area contributed by atoms with Crippen molar-refractivity contribution in [2.45, 2.75) is 35.8 Å². The molecule has 2 aromatic heterocycles. The van der Waals surface area contributed by atoms with E-state index in [9.17, 15) is 0 Å². The highest BCUT2D eigenvalue weighted by Crippen LogP contribution is 2.47. The van der Waals surface area contributed by atoms with Gasteiger partial charge in [-0.15, -0.1) is 0 Å². The summed E-state index contributed by atoms with van der Waals surface area (Å²) in [6.45, 7) is -0.0841. The second-order valence-corrected chi connectivity index (χ2v) is 14.5. The van der Waals surface area contributed by atoms with Crippen LogP contribution in [-0.4, -0.2) is 44.5 Å². The zero-order valence-electron chi connectivity index (χ0n) is 31.3. The lowest BCUT2D eigenvalue weighted by Gasteiger charge is -2.40. The van der Waals surface area contributed by atoms with E-state index in [4.69, 9.17) is 31.5 Å². The van der Waals surface area contributed by atoms with Crippen molar-refractivity contribution >= 4 is 28.7 Å². The number of rotatable bonds is 12. The van der Waals surface area contributed by atoms with Gasteiger partial charge in [-0.1, -0.05) is 194 Å². The Kier molecular flexibility index (Phi) is 10.3. The molecular weight excluding hydrogens is 749 g/mol. The normalized spacial score (nSPS) is 18.4. The standard InChI is InChI=1S/C48H39ClFN5O3/c49-43-41-44(54-46(51)53-43)55(32-52-41)45-40(50)42(58-48(36-25-13-4-14-26-36,37-27-15-5-16-28-37)38-29-17-6-18-30-38)39(57-45)31-56-47(33-19-7-1-8-20-33,34-21-9-2-10-22-34)35-23-11-3-12-24-35/h1-30,32,39-40,42,45H,31H2,(H2,51,53,54)/t39-,40+,42-,45-/m1/s1. The van der Waals surface area contributed by atoms with E-state index in [1.807, 2.05) is 182 Å². The summed E-state index contributed by atoms with van der Waals surface area (Å²) >= 11 is 6.46. The quantitative estimate of drug-likeness (QED) is 0.0973. The highest BCUT2D eigenvalue weighted by Gasteiger charge is 2.53. The number of aromatic nitrogens is 4. The van der Waals surface area contributed by atoms with Crippen LogP contribution in [0.5, 0.6) is 0 Å². The Balaban J connectivity index is 1.22. The Labute approximate surface area is 340 Å². The molecule has 1 aliphatic rings. The van der Waals surface area contributed by atoms with Crippen LogP contribution in [0, 0.1) is 0 Å². The maximum atomic E-state index is 18.0. The predicted octanol–water partition coefficient (Wildman–Crippen LogP) is 9.68. The molecule has 58 heavy (non-hydrogen) atoms. The lowest BCUT2D eigenvalue weighted by atomic mass is 9.79. The average molecular weight is 788 g/mol. The summed E-state index contributed by atoms with van der Waals surface area (Å²) in [6.07, 6.45) is -3.76. The molecule has 0 saturated carbocycles. The largest absolute Gasteiger partial charge is 0.368 e. The topological polar surface area (TPSA) is 97.3 Å². The first-order chi connectivity index (χ1) is 28.5. The molecule has 1 fully saturated rings. The fraction of sp³-hybridized carbons (Fsp3) is 0.146. The second-order valence-electron chi connectivity index (χ2n) is 14.2. The fourth-order valence-corrected chi connectivity index (χ4v) is 8.40. The molecule has 288 valence electrons. The summed E-state index contributed by atoms with van der Waals surface area (Å²) < 4.78 is 41.1. The molecule has 0 spiro atoms. The monoisotopic (exact) mass is 787 g/mol. The van der Waals surface area contributed by atoms with Crippen LogP contribution in [0.3, 0.4) is 0 Å². The average Bonchev–Trinajstić information content (AvgIpc) is 3.84. The summed E-state index contributed by atoms with van der Waals surface area (Å²) in [4.78, 5) is 12.9. The van der Waals surface area contributed by atoms with Gasteiger partial charge < -0.3 is 19.9 Å². The predicted molar refractivity (Wildman–Crippen MR) is 223 cm³/mol. The number of nitrogens with zero attached hydrogens (tertiary/aromatic N) is 4. The lowest BCUT2D eigenvalue weighted by Crippen LogP contribution is -2.45. The molecule has 6 aromatic carbocycles. The van der Waals surface area contributed by atoms with Gasteiger partial charge in [0.2, 0.25) is 5.95 Å². The van der Waals surface area contributed by atoms with Crippen LogP contribution < -0.4 is 5.73 Å². The smallest absolute Gasteiger partial charge is 0.223 e. The number of benzene rings is 6. The number of halogens is 2. The molecule has 0 bridgehead atoms. The van der Waals surface area contributed by atoms with Crippen molar-refractivity contribution in [1.29, 1.82) is 0 Å². The van der Waals surface area contributed by atoms with Crippen LogP contribution in [0.2, 0.25) is 5.15 Å². The highest BCUT2D eigenvalue weighted by atomic mass is 35.5. The number of alkyl halides is 1. The van der Waals surface area contributed by atoms with Crippen LogP contribution in [0.1, 0.15) is 39.6 Å². The van der Waals surface area contributed by atoms with Gasteiger partial charge in [-0.05, 0) is 33.4 Å². The van der Waals surface area contributed by atoms with Gasteiger partial charge in [-0.3, -0.25) is 4.57 Å². The first-order valence-electron chi connectivity index (χ1n) is 19.1. The third-order valence-corrected chi connectivity index (χ3v) is 11.1. The molecular formula is C48H39ClFN5O3. The van der Waals surface area contributed by atoms with Crippen LogP contribution in [0.25, 0.3) is 11.2 Å². The van der Waals surface area contributed by atoms with Crippen molar-refractivity contribution in [2.24, 2.45) is 0 Å². The van der Waals surface area contributed by atoms with Crippen molar-refractivity contribution < 1.29 is 18.6 Å². The van der Waals surface area contributed by atoms with Crippen molar-refractivity contribution in [3.05, 3.63) is 227 Å². The van der Waals surface area contributed by atoms with E-state index >= 15 is 4.39 Å². The zero-order valence-corrected chi connectivity index (χ0v) is 32.0. The van der Waals surface area contributed by atoms with Gasteiger partial charge in [0.05, 0.1) is 12.9 Å². The highest BCUT2D eigenvalue weighted by molar-refractivity contribution is 6.33. The molecule has 0 radical (unpaired) electrons. The van der Waals surface area contributed by atoms with Crippen LogP contribution in [0.15, 0.2) is 188 Å². The molecule has 2 N–H and O–H groups in total. The Morgan fingerprint density at radius 2 is 1.00 bits per heavy atom. The van der Waals surface area contributed by atoms with Gasteiger partial charge in [0, 0.05) is 0 Å². The van der Waals surface area contributed by atoms with E-state index in [0.29, 0.717) is 0 Å². The van der Waals surface area contributed by atoms with Gasteiger partial charge >= 0.3 is 0 Å². The molecule has 4 atom stereocenters. The third-order valence-electron chi connectivity index (χ3n) is 10.8. The van der Waals surface area contributed by atoms with Crippen LogP contribution >= 0.6 is 11.6 Å². The van der Waals surface area contributed by atoms with E-state index in [1.54, 1.807) is 0 Å². The number of hydrogen-bond acceptors (Lipinski definition) is 7. The van der Waals surface area contributed by atoms with Crippen LogP contribution in [-0.2, 0) is 25.4 Å². The molecule has 8 aromatic rings. The van der Waals surface area contributed by atoms with Crippen molar-refractivity contribution in [3.8, 4) is 0 Å². The molecule has 0 aliphatic carbocycles. The Bertz CT molecular complexity index is 2390. The Morgan fingerprint density at radius 1 is 0.603 bits per heavy atom. The molecule has 3 heterocycles. The first-order valence-corrected chi connectivity index (χ1v) is 19.5. The van der Waals surface area contributed by atoms with E-state index in [-0.39, 0.29) is 28.9 Å². The molecule has 10 heteroatoms. The molecule has 0 unspecified atom stereocenters. The van der Waals surface area contributed by atoms with Gasteiger partial charge in [-0.25, -0.2) is 9.37 Å². The first kappa shape index (κ1) is 37.4. The maximum Gasteiger partial charge on any atom is 0.223 e. The molecule has 1 saturated heterocycles. The minimum Gasteiger partial charge on any atom is -0.368 e. The van der Waals surface area contributed by atoms with E-state index in [0.717, 1.165) is 33.4 Å². The Hall–Kier alpha value is -6.23. The minimum absolute atomic E-state index is 0.0527. The fourth-order valence-electron chi connectivity index (χ4n) is 8.18. The van der Waals surface area contributed by atoms with E-state index in [1.165, 1.54) is 10.9 Å². The van der Waals surface area contributed by atoms with Gasteiger partial charge in [-0.2, -0.15) is 9.97 Å². The molecule has 8 nitrogen and oxygen atoms in total. The van der Waals surface area contributed by atoms with Gasteiger partial charge in [0.1, 0.15) is 28.9 Å². The van der Waals surface area contributed by atoms with Crippen molar-refractivity contribution in [2.75, 3.05) is 12.3 Å². The summed E-state index contributed by atoms with van der Waals surface area (Å²) in [5.41, 5.74) is 9.29. The number of anilines is 1. The summed E-state index contributed by atoms with van der Waals surface area (Å²) in [7, 11) is 0. The molecule has 9 rings (SSSR count). The number of nitrogen functional groups attached to an aromatic ring is 1. The summed E-state index contributed by atoms with van der Waals surface area (Å²) in [6, 6.07) is 59.7. The SMILES string of the molecule is Nc1nc(Cl)c2ncn([C@@H]3O[C@H](COC(c4ccccc4)(c4ccccc4)c4ccccc4)[C@@H](OC(c4ccccc4)(c4ccccc4)c4ccccc4)[C@@H]3F)c2n1. The van der Waals surface area contributed by atoms with Gasteiger partial charge in [0.25, 0.3) is 0 Å². The zero-order chi connectivity index (χ0) is 39.5. The van der Waals surface area contributed by atoms with E-state index < -0.39 is 35.8 Å². The van der Waals surface area contributed by atoms with E-state index in [2.05, 4.69) is 15.0 Å². The summed E-state index contributed by atoms with van der Waals surface area (Å²) in [5.74, 6) is -0.0741. The number of imidazole rings is 1. The third kappa shape index (κ3) is 6.62. The maximum absolute atomic E-state index is 18.0. The minimum atomic E-state index is -1.77. The molecule has 0 amide bonds. The van der Waals surface area contributed by atoms with Crippen molar-refractivity contribution in [1.82, 2.24) is 19.5 Å². The number of hydrogen-bond donors (Lipinski definition) is 1. The Morgan fingerprint density at radius 3 is 1.41 bits per heavy atom. The number of fused-ring (bicyclic) bond motifs is 1. The second kappa shape index (κ2) is 16.0. The number of ether oxygens (including phenoxy) is 3. The van der Waals surface area contributed by atoms with Gasteiger partial charge in [0.15, 0.2) is 23.2 Å². The number of nitrogens with two attached hydrogens (primary N) is 1. The molecule has 1 aliphatic heterocycles. The van der Waals surface area contributed by atoms with Crippen LogP contribution in [0.4, 0.5) is 10.3 Å². The van der Waals surface area contributed by atoms with Crippen molar-refractivity contribution in [3.63, 3.8) is 0 Å². The lowest BCUT2D eigenvalue weighted by molar-refractivity contribution is -0.128.